The van der Waals surface area contributed by atoms with Gasteiger partial charge in [0, 0.05) is 14.1 Å². The number of benzene rings is 1. The van der Waals surface area contributed by atoms with Gasteiger partial charge in [-0.25, -0.2) is 4.98 Å². The summed E-state index contributed by atoms with van der Waals surface area (Å²) >= 11 is 6.01. The number of nitrogens with zero attached hydrogens (tertiary/aromatic N) is 3. The van der Waals surface area contributed by atoms with Gasteiger partial charge in [0.15, 0.2) is 0 Å². The van der Waals surface area contributed by atoms with Gasteiger partial charge in [-0.2, -0.15) is 0 Å². The zero-order valence-corrected chi connectivity index (χ0v) is 13.5. The van der Waals surface area contributed by atoms with Crippen LogP contribution in [0.15, 0.2) is 18.2 Å². The van der Waals surface area contributed by atoms with Gasteiger partial charge in [0.1, 0.15) is 23.1 Å². The first-order valence-electron chi connectivity index (χ1n) is 6.91. The standard InChI is InChI=1S/C15H20ClN3O2/c1-5-21-12-8-6-7-11-14(12)17-13(9-16)19(11)10(2)15(20)18(3)4/h6-8,10H,5,9H2,1-4H3. The van der Waals surface area contributed by atoms with Gasteiger partial charge in [-0.15, -0.1) is 11.6 Å². The average Bonchev–Trinajstić information content (AvgIpc) is 2.85. The van der Waals surface area contributed by atoms with Gasteiger partial charge in [0.25, 0.3) is 0 Å². The van der Waals surface area contributed by atoms with Crippen molar-refractivity contribution in [3.05, 3.63) is 24.0 Å². The highest BCUT2D eigenvalue weighted by molar-refractivity contribution is 6.17. The summed E-state index contributed by atoms with van der Waals surface area (Å²) in [5, 5.41) is 0. The number of carbonyl (C=O) groups excluding carboxylic acids is 1. The minimum absolute atomic E-state index is 0.00230. The number of para-hydroxylation sites is 1. The minimum Gasteiger partial charge on any atom is -0.492 e. The number of carbonyl (C=O) groups is 1. The maximum atomic E-state index is 12.3. The summed E-state index contributed by atoms with van der Waals surface area (Å²) < 4.78 is 7.49. The number of ether oxygens (including phenoxy) is 1. The third-order valence-electron chi connectivity index (χ3n) is 3.36. The first-order chi connectivity index (χ1) is 10.0. The molecule has 0 fully saturated rings. The number of likely N-dealkylation sites (N-methyl/N-ethyl adjacent to an activating group) is 1. The second-order valence-corrected chi connectivity index (χ2v) is 5.26. The third-order valence-corrected chi connectivity index (χ3v) is 3.60. The molecular weight excluding hydrogens is 290 g/mol. The fraction of sp³-hybridized carbons (Fsp3) is 0.467. The number of hydrogen-bond donors (Lipinski definition) is 0. The van der Waals surface area contributed by atoms with E-state index in [4.69, 9.17) is 16.3 Å². The normalized spacial score (nSPS) is 12.4. The number of amides is 1. The highest BCUT2D eigenvalue weighted by atomic mass is 35.5. The van der Waals surface area contributed by atoms with Crippen molar-refractivity contribution in [1.82, 2.24) is 14.5 Å². The number of imidazole rings is 1. The van der Waals surface area contributed by atoms with E-state index in [1.807, 2.05) is 36.6 Å². The smallest absolute Gasteiger partial charge is 0.244 e. The SMILES string of the molecule is CCOc1cccc2c1nc(CCl)n2C(C)C(=O)N(C)C. The number of aromatic nitrogens is 2. The van der Waals surface area contributed by atoms with Crippen LogP contribution in [0, 0.1) is 0 Å². The van der Waals surface area contributed by atoms with Crippen LogP contribution in [0.5, 0.6) is 5.75 Å². The molecule has 1 heterocycles. The number of halogens is 1. The van der Waals surface area contributed by atoms with Gasteiger partial charge >= 0.3 is 0 Å². The molecule has 0 bridgehead atoms. The third kappa shape index (κ3) is 2.83. The molecule has 21 heavy (non-hydrogen) atoms. The van der Waals surface area contributed by atoms with Crippen LogP contribution in [0.2, 0.25) is 0 Å². The van der Waals surface area contributed by atoms with Crippen LogP contribution in [-0.4, -0.2) is 41.1 Å². The molecule has 5 nitrogen and oxygen atoms in total. The Hall–Kier alpha value is -1.75. The van der Waals surface area contributed by atoms with E-state index >= 15 is 0 Å². The van der Waals surface area contributed by atoms with Crippen molar-refractivity contribution >= 4 is 28.5 Å². The zero-order chi connectivity index (χ0) is 15.6. The van der Waals surface area contributed by atoms with E-state index in [9.17, 15) is 4.79 Å². The van der Waals surface area contributed by atoms with E-state index in [1.54, 1.807) is 19.0 Å². The van der Waals surface area contributed by atoms with Crippen LogP contribution in [-0.2, 0) is 10.7 Å². The molecule has 0 aliphatic heterocycles. The lowest BCUT2D eigenvalue weighted by Crippen LogP contribution is -2.30. The summed E-state index contributed by atoms with van der Waals surface area (Å²) in [5.41, 5.74) is 1.60. The fourth-order valence-electron chi connectivity index (χ4n) is 2.42. The van der Waals surface area contributed by atoms with Crippen LogP contribution in [0.3, 0.4) is 0 Å². The Balaban J connectivity index is 2.62. The van der Waals surface area contributed by atoms with E-state index in [1.165, 1.54) is 0 Å². The Morgan fingerprint density at radius 3 is 2.76 bits per heavy atom. The van der Waals surface area contributed by atoms with E-state index in [0.717, 1.165) is 11.0 Å². The lowest BCUT2D eigenvalue weighted by atomic mass is 10.2. The van der Waals surface area contributed by atoms with Gasteiger partial charge < -0.3 is 14.2 Å². The number of fused-ring (bicyclic) bond motifs is 1. The molecule has 0 spiro atoms. The van der Waals surface area contributed by atoms with Crippen molar-refractivity contribution in [1.29, 1.82) is 0 Å². The Kier molecular flexibility index (Phi) is 4.73. The molecule has 2 aromatic rings. The summed E-state index contributed by atoms with van der Waals surface area (Å²) in [6.07, 6.45) is 0. The number of hydrogen-bond acceptors (Lipinski definition) is 3. The first-order valence-corrected chi connectivity index (χ1v) is 7.44. The lowest BCUT2D eigenvalue weighted by molar-refractivity contribution is -0.131. The van der Waals surface area contributed by atoms with Gasteiger partial charge in [0.2, 0.25) is 5.91 Å². The highest BCUT2D eigenvalue weighted by Gasteiger charge is 2.23. The van der Waals surface area contributed by atoms with Crippen LogP contribution < -0.4 is 4.74 Å². The average molecular weight is 310 g/mol. The molecule has 0 N–H and O–H groups in total. The first kappa shape index (κ1) is 15.6. The molecule has 0 aliphatic carbocycles. The summed E-state index contributed by atoms with van der Waals surface area (Å²) in [4.78, 5) is 18.4. The summed E-state index contributed by atoms with van der Waals surface area (Å²) in [6, 6.07) is 5.34. The molecule has 0 aliphatic rings. The second kappa shape index (κ2) is 6.35. The molecule has 1 atom stereocenters. The molecule has 0 radical (unpaired) electrons. The van der Waals surface area contributed by atoms with Crippen molar-refractivity contribution in [3.63, 3.8) is 0 Å². The van der Waals surface area contributed by atoms with Crippen LogP contribution >= 0.6 is 11.6 Å². The van der Waals surface area contributed by atoms with Gasteiger partial charge in [-0.1, -0.05) is 6.07 Å². The largest absolute Gasteiger partial charge is 0.492 e. The van der Waals surface area contributed by atoms with E-state index in [2.05, 4.69) is 4.98 Å². The van der Waals surface area contributed by atoms with Crippen molar-refractivity contribution in [2.45, 2.75) is 25.8 Å². The quantitative estimate of drug-likeness (QED) is 0.798. The predicted molar refractivity (Wildman–Crippen MR) is 83.9 cm³/mol. The predicted octanol–water partition coefficient (Wildman–Crippen LogP) is 2.82. The molecule has 0 saturated heterocycles. The molecule has 1 amide bonds. The summed E-state index contributed by atoms with van der Waals surface area (Å²) in [7, 11) is 3.48. The van der Waals surface area contributed by atoms with Crippen molar-refractivity contribution in [3.8, 4) is 5.75 Å². The van der Waals surface area contributed by atoms with Gasteiger partial charge in [-0.05, 0) is 26.0 Å². The van der Waals surface area contributed by atoms with Gasteiger partial charge in [-0.3, -0.25) is 4.79 Å². The topological polar surface area (TPSA) is 47.4 Å². The Morgan fingerprint density at radius 2 is 2.19 bits per heavy atom. The Morgan fingerprint density at radius 1 is 1.48 bits per heavy atom. The highest BCUT2D eigenvalue weighted by Crippen LogP contribution is 2.29. The molecule has 1 unspecified atom stereocenters. The Labute approximate surface area is 129 Å². The molecule has 2 rings (SSSR count). The van der Waals surface area contributed by atoms with Crippen molar-refractivity contribution in [2.24, 2.45) is 0 Å². The summed E-state index contributed by atoms with van der Waals surface area (Å²) in [5.74, 6) is 1.62. The monoisotopic (exact) mass is 309 g/mol. The van der Waals surface area contributed by atoms with E-state index in [-0.39, 0.29) is 17.8 Å². The van der Waals surface area contributed by atoms with Crippen molar-refractivity contribution in [2.75, 3.05) is 20.7 Å². The fourth-order valence-corrected chi connectivity index (χ4v) is 2.61. The molecule has 1 aromatic heterocycles. The van der Waals surface area contributed by atoms with Crippen molar-refractivity contribution < 1.29 is 9.53 Å². The number of rotatable bonds is 5. The van der Waals surface area contributed by atoms with Crippen LogP contribution in [0.1, 0.15) is 25.7 Å². The van der Waals surface area contributed by atoms with E-state index in [0.29, 0.717) is 18.2 Å². The van der Waals surface area contributed by atoms with Crippen LogP contribution in [0.25, 0.3) is 11.0 Å². The lowest BCUT2D eigenvalue weighted by Gasteiger charge is -2.20. The zero-order valence-electron chi connectivity index (χ0n) is 12.8. The maximum Gasteiger partial charge on any atom is 0.244 e. The molecule has 1 aromatic carbocycles. The number of alkyl halides is 1. The second-order valence-electron chi connectivity index (χ2n) is 5.00. The molecular formula is C15H20ClN3O2. The summed E-state index contributed by atoms with van der Waals surface area (Å²) in [6.45, 7) is 4.34. The maximum absolute atomic E-state index is 12.3. The van der Waals surface area contributed by atoms with Gasteiger partial charge in [0.05, 0.1) is 18.0 Å². The molecule has 0 saturated carbocycles. The molecule has 6 heteroatoms. The minimum atomic E-state index is -0.365. The van der Waals surface area contributed by atoms with Crippen LogP contribution in [0.4, 0.5) is 0 Å². The molecule has 114 valence electrons. The Bertz CT molecular complexity index is 652. The van der Waals surface area contributed by atoms with E-state index < -0.39 is 0 Å².